The molecule has 19 heavy (non-hydrogen) atoms. The first-order chi connectivity index (χ1) is 9.10. The molecule has 0 unspecified atom stereocenters. The van der Waals surface area contributed by atoms with E-state index < -0.39 is 17.5 Å². The van der Waals surface area contributed by atoms with E-state index in [1.165, 1.54) is 19.3 Å². The molecule has 0 saturated heterocycles. The number of benzene rings is 1. The zero-order chi connectivity index (χ0) is 13.8. The first-order valence-electron chi connectivity index (χ1n) is 6.97. The van der Waals surface area contributed by atoms with Crippen molar-refractivity contribution in [3.63, 3.8) is 0 Å². The van der Waals surface area contributed by atoms with Crippen molar-refractivity contribution < 1.29 is 13.2 Å². The summed E-state index contributed by atoms with van der Waals surface area (Å²) >= 11 is 0. The molecule has 1 N–H and O–H groups in total. The van der Waals surface area contributed by atoms with Gasteiger partial charge in [-0.1, -0.05) is 13.3 Å². The second-order valence-electron chi connectivity index (χ2n) is 5.38. The molecule has 0 aliphatic heterocycles. The fraction of sp³-hybridized carbons (Fsp3) is 0.600. The summed E-state index contributed by atoms with van der Waals surface area (Å²) < 4.78 is 38.9. The highest BCUT2D eigenvalue weighted by molar-refractivity contribution is 5.19. The Morgan fingerprint density at radius 2 is 1.63 bits per heavy atom. The van der Waals surface area contributed by atoms with Crippen molar-refractivity contribution in [2.24, 2.45) is 5.92 Å². The molecule has 1 fully saturated rings. The summed E-state index contributed by atoms with van der Waals surface area (Å²) in [6, 6.07) is 2.52. The summed E-state index contributed by atoms with van der Waals surface area (Å²) in [5, 5.41) is 3.30. The van der Waals surface area contributed by atoms with Gasteiger partial charge in [0.15, 0.2) is 17.5 Å². The van der Waals surface area contributed by atoms with Crippen molar-refractivity contribution in [3.05, 3.63) is 35.1 Å². The molecule has 1 aromatic carbocycles. The fourth-order valence-corrected chi connectivity index (χ4v) is 2.75. The van der Waals surface area contributed by atoms with Crippen molar-refractivity contribution in [3.8, 4) is 0 Å². The predicted octanol–water partition coefficient (Wildman–Crippen LogP) is 4.16. The Bertz CT molecular complexity index is 402. The maximum atomic E-state index is 13.1. The largest absolute Gasteiger partial charge is 0.310 e. The van der Waals surface area contributed by atoms with Crippen molar-refractivity contribution >= 4 is 0 Å². The molecule has 0 bridgehead atoms. The monoisotopic (exact) mass is 271 g/mol. The van der Waals surface area contributed by atoms with Crippen molar-refractivity contribution in [1.82, 2.24) is 5.32 Å². The van der Waals surface area contributed by atoms with E-state index in [2.05, 4.69) is 12.2 Å². The van der Waals surface area contributed by atoms with Crippen LogP contribution in [-0.4, -0.2) is 6.04 Å². The van der Waals surface area contributed by atoms with Gasteiger partial charge in [0.1, 0.15) is 0 Å². The van der Waals surface area contributed by atoms with Gasteiger partial charge in [-0.15, -0.1) is 0 Å². The van der Waals surface area contributed by atoms with Crippen LogP contribution in [0.25, 0.3) is 0 Å². The Morgan fingerprint density at radius 3 is 2.16 bits per heavy atom. The van der Waals surface area contributed by atoms with Gasteiger partial charge in [-0.05, 0) is 49.3 Å². The fourth-order valence-electron chi connectivity index (χ4n) is 2.75. The van der Waals surface area contributed by atoms with Crippen LogP contribution in [0, 0.1) is 23.4 Å². The van der Waals surface area contributed by atoms with Crippen molar-refractivity contribution in [1.29, 1.82) is 0 Å². The van der Waals surface area contributed by atoms with E-state index in [9.17, 15) is 13.2 Å². The van der Waals surface area contributed by atoms with Crippen LogP contribution in [0.5, 0.6) is 0 Å². The van der Waals surface area contributed by atoms with Gasteiger partial charge in [0, 0.05) is 12.6 Å². The van der Waals surface area contributed by atoms with Crippen LogP contribution in [0.2, 0.25) is 0 Å². The standard InChI is InChI=1S/C15H20F3N/c1-2-10-3-5-12(6-4-10)19-9-11-7-13(16)15(18)14(17)8-11/h7-8,10,12,19H,2-6,9H2,1H3. The number of hydrogen-bond acceptors (Lipinski definition) is 1. The Hall–Kier alpha value is -1.03. The number of hydrogen-bond donors (Lipinski definition) is 1. The maximum absolute atomic E-state index is 13.1. The van der Waals surface area contributed by atoms with E-state index in [0.717, 1.165) is 30.9 Å². The normalized spacial score (nSPS) is 23.6. The lowest BCUT2D eigenvalue weighted by molar-refractivity contribution is 0.285. The minimum absolute atomic E-state index is 0.385. The zero-order valence-corrected chi connectivity index (χ0v) is 11.2. The Morgan fingerprint density at radius 1 is 1.05 bits per heavy atom. The van der Waals surface area contributed by atoms with E-state index in [0.29, 0.717) is 18.2 Å². The minimum Gasteiger partial charge on any atom is -0.310 e. The molecule has 0 heterocycles. The van der Waals surface area contributed by atoms with E-state index >= 15 is 0 Å². The van der Waals surface area contributed by atoms with Crippen LogP contribution >= 0.6 is 0 Å². The molecule has 106 valence electrons. The second kappa shape index (κ2) is 6.42. The first-order valence-corrected chi connectivity index (χ1v) is 6.97. The molecule has 1 aliphatic carbocycles. The molecule has 0 spiro atoms. The highest BCUT2D eigenvalue weighted by Gasteiger charge is 2.19. The lowest BCUT2D eigenvalue weighted by atomic mass is 9.84. The third kappa shape index (κ3) is 3.72. The molecular weight excluding hydrogens is 251 g/mol. The van der Waals surface area contributed by atoms with Crippen LogP contribution in [0.1, 0.15) is 44.6 Å². The SMILES string of the molecule is CCC1CCC(NCc2cc(F)c(F)c(F)c2)CC1. The van der Waals surface area contributed by atoms with Crippen LogP contribution < -0.4 is 5.32 Å². The highest BCUT2D eigenvalue weighted by atomic mass is 19.2. The molecule has 0 atom stereocenters. The summed E-state index contributed by atoms with van der Waals surface area (Å²) in [7, 11) is 0. The third-order valence-electron chi connectivity index (χ3n) is 4.06. The molecule has 1 aromatic rings. The molecule has 1 aliphatic rings. The van der Waals surface area contributed by atoms with Gasteiger partial charge in [-0.3, -0.25) is 0 Å². The molecule has 1 saturated carbocycles. The average Bonchev–Trinajstić information content (AvgIpc) is 2.43. The minimum atomic E-state index is -1.40. The van der Waals surface area contributed by atoms with Crippen LogP contribution in [-0.2, 0) is 6.54 Å². The molecule has 0 radical (unpaired) electrons. The number of halogens is 3. The van der Waals surface area contributed by atoms with Gasteiger partial charge in [-0.25, -0.2) is 13.2 Å². The van der Waals surface area contributed by atoms with Crippen LogP contribution in [0.4, 0.5) is 13.2 Å². The summed E-state index contributed by atoms with van der Waals surface area (Å²) in [6.45, 7) is 2.60. The van der Waals surface area contributed by atoms with Crippen LogP contribution in [0.3, 0.4) is 0 Å². The first kappa shape index (κ1) is 14.4. The smallest absolute Gasteiger partial charge is 0.194 e. The number of nitrogens with one attached hydrogen (secondary N) is 1. The molecule has 1 nitrogen and oxygen atoms in total. The van der Waals surface area contributed by atoms with Gasteiger partial charge in [0.2, 0.25) is 0 Å². The van der Waals surface area contributed by atoms with Gasteiger partial charge >= 0.3 is 0 Å². The predicted molar refractivity (Wildman–Crippen MR) is 69.2 cm³/mol. The molecule has 2 rings (SSSR count). The van der Waals surface area contributed by atoms with Gasteiger partial charge < -0.3 is 5.32 Å². The zero-order valence-electron chi connectivity index (χ0n) is 11.2. The summed E-state index contributed by atoms with van der Waals surface area (Å²) in [5.74, 6) is -2.82. The third-order valence-corrected chi connectivity index (χ3v) is 4.06. The average molecular weight is 271 g/mol. The van der Waals surface area contributed by atoms with E-state index in [4.69, 9.17) is 0 Å². The van der Waals surface area contributed by atoms with E-state index in [1.807, 2.05) is 0 Å². The Kier molecular flexibility index (Phi) is 4.86. The lowest BCUT2D eigenvalue weighted by Crippen LogP contribution is -2.32. The second-order valence-corrected chi connectivity index (χ2v) is 5.38. The Balaban J connectivity index is 1.86. The van der Waals surface area contributed by atoms with Crippen molar-refractivity contribution in [2.75, 3.05) is 0 Å². The van der Waals surface area contributed by atoms with E-state index in [1.54, 1.807) is 0 Å². The Labute approximate surface area is 112 Å². The summed E-state index contributed by atoms with van der Waals surface area (Å²) in [4.78, 5) is 0. The maximum Gasteiger partial charge on any atom is 0.194 e. The van der Waals surface area contributed by atoms with Gasteiger partial charge in [0.05, 0.1) is 0 Å². The lowest BCUT2D eigenvalue weighted by Gasteiger charge is -2.28. The van der Waals surface area contributed by atoms with Gasteiger partial charge in [0.25, 0.3) is 0 Å². The van der Waals surface area contributed by atoms with Crippen molar-refractivity contribution in [2.45, 2.75) is 51.6 Å². The summed E-state index contributed by atoms with van der Waals surface area (Å²) in [5.41, 5.74) is 0.453. The van der Waals surface area contributed by atoms with Gasteiger partial charge in [-0.2, -0.15) is 0 Å². The highest BCUT2D eigenvalue weighted by Crippen LogP contribution is 2.26. The molecule has 0 amide bonds. The summed E-state index contributed by atoms with van der Waals surface area (Å²) in [6.07, 6.45) is 5.84. The quantitative estimate of drug-likeness (QED) is 0.811. The number of rotatable bonds is 4. The molecule has 4 heteroatoms. The van der Waals surface area contributed by atoms with E-state index in [-0.39, 0.29) is 0 Å². The topological polar surface area (TPSA) is 12.0 Å². The van der Waals surface area contributed by atoms with Crippen LogP contribution in [0.15, 0.2) is 12.1 Å². The molecule has 0 aromatic heterocycles. The molecular formula is C15H20F3N.